The van der Waals surface area contributed by atoms with E-state index in [9.17, 15) is 0 Å². The first kappa shape index (κ1) is 12.9. The Morgan fingerprint density at radius 2 is 1.94 bits per heavy atom. The SMILES string of the molecule is CC(C)CNC(=S)NC(C)c1ccncc1. The number of rotatable bonds is 4. The van der Waals surface area contributed by atoms with Crippen molar-refractivity contribution in [1.29, 1.82) is 0 Å². The van der Waals surface area contributed by atoms with Crippen LogP contribution in [0.4, 0.5) is 0 Å². The van der Waals surface area contributed by atoms with Gasteiger partial charge in [0.1, 0.15) is 0 Å². The van der Waals surface area contributed by atoms with Crippen molar-refractivity contribution in [2.75, 3.05) is 6.54 Å². The summed E-state index contributed by atoms with van der Waals surface area (Å²) < 4.78 is 0. The van der Waals surface area contributed by atoms with Crippen LogP contribution in [0.1, 0.15) is 32.4 Å². The minimum Gasteiger partial charge on any atom is -0.362 e. The van der Waals surface area contributed by atoms with E-state index < -0.39 is 0 Å². The molecule has 0 bridgehead atoms. The average molecular weight is 237 g/mol. The summed E-state index contributed by atoms with van der Waals surface area (Å²) in [6.07, 6.45) is 3.58. The summed E-state index contributed by atoms with van der Waals surface area (Å²) in [7, 11) is 0. The number of thiocarbonyl (C=S) groups is 1. The quantitative estimate of drug-likeness (QED) is 0.788. The number of aromatic nitrogens is 1. The molecular formula is C12H19N3S. The molecule has 0 aliphatic carbocycles. The molecule has 0 saturated carbocycles. The lowest BCUT2D eigenvalue weighted by Gasteiger charge is -2.17. The van der Waals surface area contributed by atoms with Crippen molar-refractivity contribution >= 4 is 17.3 Å². The summed E-state index contributed by atoms with van der Waals surface area (Å²) in [5.41, 5.74) is 1.18. The summed E-state index contributed by atoms with van der Waals surface area (Å²) in [6.45, 7) is 7.29. The van der Waals surface area contributed by atoms with Crippen LogP contribution in [0.5, 0.6) is 0 Å². The van der Waals surface area contributed by atoms with Crippen molar-refractivity contribution < 1.29 is 0 Å². The second kappa shape index (κ2) is 6.43. The smallest absolute Gasteiger partial charge is 0.166 e. The molecule has 16 heavy (non-hydrogen) atoms. The highest BCUT2D eigenvalue weighted by Gasteiger charge is 2.06. The van der Waals surface area contributed by atoms with Crippen LogP contribution < -0.4 is 10.6 Å². The van der Waals surface area contributed by atoms with Gasteiger partial charge in [0.25, 0.3) is 0 Å². The summed E-state index contributed by atoms with van der Waals surface area (Å²) in [5.74, 6) is 0.594. The molecule has 0 fully saturated rings. The third-order valence-electron chi connectivity index (χ3n) is 2.22. The molecule has 0 aliphatic rings. The molecule has 1 heterocycles. The van der Waals surface area contributed by atoms with Gasteiger partial charge in [-0.3, -0.25) is 4.98 Å². The molecule has 1 unspecified atom stereocenters. The summed E-state index contributed by atoms with van der Waals surface area (Å²) in [4.78, 5) is 3.99. The highest BCUT2D eigenvalue weighted by atomic mass is 32.1. The number of pyridine rings is 1. The first-order valence-electron chi connectivity index (χ1n) is 5.54. The molecule has 1 aromatic rings. The lowest BCUT2D eigenvalue weighted by Crippen LogP contribution is -2.38. The molecule has 88 valence electrons. The Morgan fingerprint density at radius 1 is 1.31 bits per heavy atom. The van der Waals surface area contributed by atoms with Gasteiger partial charge in [0.15, 0.2) is 5.11 Å². The Labute approximate surface area is 103 Å². The normalized spacial score (nSPS) is 12.2. The van der Waals surface area contributed by atoms with Gasteiger partial charge in [0.05, 0.1) is 6.04 Å². The Balaban J connectivity index is 2.40. The van der Waals surface area contributed by atoms with Crippen molar-refractivity contribution in [2.45, 2.75) is 26.8 Å². The first-order chi connectivity index (χ1) is 7.59. The van der Waals surface area contributed by atoms with Crippen LogP contribution in [-0.4, -0.2) is 16.6 Å². The zero-order chi connectivity index (χ0) is 12.0. The molecular weight excluding hydrogens is 218 g/mol. The van der Waals surface area contributed by atoms with E-state index in [1.807, 2.05) is 12.1 Å². The standard InChI is InChI=1S/C12H19N3S/c1-9(2)8-14-12(16)15-10(3)11-4-6-13-7-5-11/h4-7,9-10H,8H2,1-3H3,(H2,14,15,16). The second-order valence-corrected chi connectivity index (χ2v) is 4.66. The van der Waals surface area contributed by atoms with Gasteiger partial charge in [0.2, 0.25) is 0 Å². The predicted octanol–water partition coefficient (Wildman–Crippen LogP) is 2.26. The van der Waals surface area contributed by atoms with Crippen molar-refractivity contribution in [2.24, 2.45) is 5.92 Å². The maximum absolute atomic E-state index is 5.21. The summed E-state index contributed by atoms with van der Waals surface area (Å²) >= 11 is 5.21. The van der Waals surface area contributed by atoms with E-state index in [2.05, 4.69) is 36.4 Å². The van der Waals surface area contributed by atoms with Crippen molar-refractivity contribution in [3.05, 3.63) is 30.1 Å². The Morgan fingerprint density at radius 3 is 2.50 bits per heavy atom. The number of hydrogen-bond acceptors (Lipinski definition) is 2. The highest BCUT2D eigenvalue weighted by Crippen LogP contribution is 2.09. The average Bonchev–Trinajstić information content (AvgIpc) is 2.27. The molecule has 0 saturated heterocycles. The molecule has 4 heteroatoms. The zero-order valence-electron chi connectivity index (χ0n) is 10.0. The molecule has 0 aliphatic heterocycles. The molecule has 0 aromatic carbocycles. The van der Waals surface area contributed by atoms with E-state index in [0.717, 1.165) is 6.54 Å². The summed E-state index contributed by atoms with van der Waals surface area (Å²) in [5, 5.41) is 7.14. The Bertz CT molecular complexity index is 324. The molecule has 0 spiro atoms. The van der Waals surface area contributed by atoms with Crippen LogP contribution in [0.3, 0.4) is 0 Å². The number of nitrogens with one attached hydrogen (secondary N) is 2. The molecule has 1 rings (SSSR count). The van der Waals surface area contributed by atoms with E-state index >= 15 is 0 Å². The molecule has 0 amide bonds. The van der Waals surface area contributed by atoms with Gasteiger partial charge in [0, 0.05) is 18.9 Å². The van der Waals surface area contributed by atoms with E-state index in [1.54, 1.807) is 12.4 Å². The van der Waals surface area contributed by atoms with Crippen molar-refractivity contribution in [3.8, 4) is 0 Å². The van der Waals surface area contributed by atoms with E-state index in [1.165, 1.54) is 5.56 Å². The zero-order valence-corrected chi connectivity index (χ0v) is 10.8. The van der Waals surface area contributed by atoms with Crippen LogP contribution in [0.2, 0.25) is 0 Å². The third kappa shape index (κ3) is 4.57. The fraction of sp³-hybridized carbons (Fsp3) is 0.500. The lowest BCUT2D eigenvalue weighted by atomic mass is 10.1. The molecule has 1 atom stereocenters. The second-order valence-electron chi connectivity index (χ2n) is 4.25. The Hall–Kier alpha value is -1.16. The third-order valence-corrected chi connectivity index (χ3v) is 2.49. The largest absolute Gasteiger partial charge is 0.362 e. The summed E-state index contributed by atoms with van der Waals surface area (Å²) in [6, 6.07) is 4.18. The van der Waals surface area contributed by atoms with Gasteiger partial charge in [-0.15, -0.1) is 0 Å². The Kier molecular flexibility index (Phi) is 5.19. The number of nitrogens with zero attached hydrogens (tertiary/aromatic N) is 1. The number of hydrogen-bond donors (Lipinski definition) is 2. The van der Waals surface area contributed by atoms with Crippen LogP contribution in [0, 0.1) is 5.92 Å². The maximum Gasteiger partial charge on any atom is 0.166 e. The fourth-order valence-electron chi connectivity index (χ4n) is 1.28. The van der Waals surface area contributed by atoms with Crippen molar-refractivity contribution in [1.82, 2.24) is 15.6 Å². The van der Waals surface area contributed by atoms with Gasteiger partial charge in [-0.1, -0.05) is 13.8 Å². The minimum atomic E-state index is 0.204. The topological polar surface area (TPSA) is 37.0 Å². The van der Waals surface area contributed by atoms with Crippen molar-refractivity contribution in [3.63, 3.8) is 0 Å². The molecule has 3 nitrogen and oxygen atoms in total. The van der Waals surface area contributed by atoms with Crippen LogP contribution >= 0.6 is 12.2 Å². The van der Waals surface area contributed by atoms with E-state index in [-0.39, 0.29) is 6.04 Å². The maximum atomic E-state index is 5.21. The van der Waals surface area contributed by atoms with Gasteiger partial charge in [-0.05, 0) is 42.8 Å². The van der Waals surface area contributed by atoms with Crippen LogP contribution in [-0.2, 0) is 0 Å². The monoisotopic (exact) mass is 237 g/mol. The minimum absolute atomic E-state index is 0.204. The van der Waals surface area contributed by atoms with Gasteiger partial charge in [-0.2, -0.15) is 0 Å². The molecule has 0 radical (unpaired) electrons. The molecule has 1 aromatic heterocycles. The predicted molar refractivity (Wildman–Crippen MR) is 71.2 cm³/mol. The van der Waals surface area contributed by atoms with Crippen LogP contribution in [0.25, 0.3) is 0 Å². The van der Waals surface area contributed by atoms with Gasteiger partial charge in [-0.25, -0.2) is 0 Å². The van der Waals surface area contributed by atoms with E-state index in [4.69, 9.17) is 12.2 Å². The van der Waals surface area contributed by atoms with E-state index in [0.29, 0.717) is 11.0 Å². The fourth-order valence-corrected chi connectivity index (χ4v) is 1.54. The first-order valence-corrected chi connectivity index (χ1v) is 5.94. The lowest BCUT2D eigenvalue weighted by molar-refractivity contribution is 0.609. The van der Waals surface area contributed by atoms with Gasteiger partial charge < -0.3 is 10.6 Å². The molecule has 2 N–H and O–H groups in total. The highest BCUT2D eigenvalue weighted by molar-refractivity contribution is 7.80. The van der Waals surface area contributed by atoms with Crippen LogP contribution in [0.15, 0.2) is 24.5 Å². The van der Waals surface area contributed by atoms with Gasteiger partial charge >= 0.3 is 0 Å².